The van der Waals surface area contributed by atoms with Gasteiger partial charge in [-0.2, -0.15) is 0 Å². The van der Waals surface area contributed by atoms with Crippen LogP contribution in [0.4, 0.5) is 34.1 Å². The van der Waals surface area contributed by atoms with Gasteiger partial charge in [-0.1, -0.05) is 161 Å². The minimum Gasteiger partial charge on any atom is -0.311 e. The lowest BCUT2D eigenvalue weighted by molar-refractivity contribution is 0.641. The van der Waals surface area contributed by atoms with Crippen molar-refractivity contribution in [3.8, 4) is 0 Å². The van der Waals surface area contributed by atoms with Gasteiger partial charge in [-0.3, -0.25) is 0 Å². The number of benzene rings is 7. The summed E-state index contributed by atoms with van der Waals surface area (Å²) in [6, 6.07) is 58.0. The lowest BCUT2D eigenvalue weighted by atomic mass is 9.33. The summed E-state index contributed by atoms with van der Waals surface area (Å²) in [5, 5.41) is 0.718. The van der Waals surface area contributed by atoms with Crippen LogP contribution in [0.1, 0.15) is 61.1 Å². The molecule has 2 aliphatic heterocycles. The van der Waals surface area contributed by atoms with E-state index in [0.717, 1.165) is 27.8 Å². The number of anilines is 6. The normalized spacial score (nSPS) is 13.4. The van der Waals surface area contributed by atoms with E-state index in [1.807, 2.05) is 0 Å². The van der Waals surface area contributed by atoms with Crippen molar-refractivity contribution >= 4 is 68.8 Å². The van der Waals surface area contributed by atoms with Crippen molar-refractivity contribution < 1.29 is 0 Å². The lowest BCUT2D eigenvalue weighted by Crippen LogP contribution is -2.61. The van der Waals surface area contributed by atoms with Crippen molar-refractivity contribution in [1.29, 1.82) is 0 Å². The van der Waals surface area contributed by atoms with Crippen LogP contribution in [0.25, 0.3) is 0 Å². The summed E-state index contributed by atoms with van der Waals surface area (Å²) in [5.41, 5.74) is 18.0. The molecule has 0 unspecified atom stereocenters. The number of hydrogen-bond donors (Lipinski definition) is 0. The molecule has 0 saturated heterocycles. The Labute approximate surface area is 325 Å². The van der Waals surface area contributed by atoms with Gasteiger partial charge in [-0.05, 0) is 100 Å². The SMILES string of the molecule is Cc1ccccc1N1c2ccc(C(C)(C)c3ccccc3)cc2B2c3cc(C(C)(C)c4ccccc4)ccc3N(c3ccccc3C)c3cc(Cl)cc1c32. The number of nitrogens with zero attached hydrogens (tertiary/aromatic N) is 2. The Bertz CT molecular complexity index is 2380. The summed E-state index contributed by atoms with van der Waals surface area (Å²) in [6.45, 7) is 13.8. The second-order valence-corrected chi connectivity index (χ2v) is 16.5. The Balaban J connectivity index is 1.38. The summed E-state index contributed by atoms with van der Waals surface area (Å²) >= 11 is 7.22. The molecule has 0 saturated carbocycles. The second kappa shape index (κ2) is 12.8. The van der Waals surface area contributed by atoms with Gasteiger partial charge in [0.25, 0.3) is 6.71 Å². The highest BCUT2D eigenvalue weighted by atomic mass is 35.5. The third-order valence-electron chi connectivity index (χ3n) is 12.2. The maximum atomic E-state index is 7.22. The molecular weight excluding hydrogens is 675 g/mol. The molecule has 0 bridgehead atoms. The number of aryl methyl sites for hydroxylation is 2. The Hall–Kier alpha value is -5.51. The molecule has 0 aliphatic carbocycles. The predicted octanol–water partition coefficient (Wildman–Crippen LogP) is 11.7. The second-order valence-electron chi connectivity index (χ2n) is 16.1. The molecule has 0 fully saturated rings. The number of hydrogen-bond acceptors (Lipinski definition) is 2. The molecule has 7 aromatic carbocycles. The fourth-order valence-corrected chi connectivity index (χ4v) is 9.15. The summed E-state index contributed by atoms with van der Waals surface area (Å²) in [4.78, 5) is 4.92. The predicted molar refractivity (Wildman–Crippen MR) is 232 cm³/mol. The Morgan fingerprint density at radius 1 is 0.407 bits per heavy atom. The van der Waals surface area contributed by atoms with Crippen molar-refractivity contribution in [3.05, 3.63) is 196 Å². The van der Waals surface area contributed by atoms with E-state index in [0.29, 0.717) is 0 Å². The fraction of sp³-hybridized carbons (Fsp3) is 0.160. The number of rotatable bonds is 6. The molecule has 4 heteroatoms. The molecule has 0 radical (unpaired) electrons. The molecule has 9 rings (SSSR count). The topological polar surface area (TPSA) is 6.48 Å². The molecule has 0 N–H and O–H groups in total. The van der Waals surface area contributed by atoms with Crippen LogP contribution in [0.3, 0.4) is 0 Å². The molecule has 264 valence electrons. The highest BCUT2D eigenvalue weighted by Crippen LogP contribution is 2.47. The first-order chi connectivity index (χ1) is 26.1. The fourth-order valence-electron chi connectivity index (χ4n) is 8.94. The summed E-state index contributed by atoms with van der Waals surface area (Å²) in [6.07, 6.45) is 0. The van der Waals surface area contributed by atoms with Crippen molar-refractivity contribution in [1.82, 2.24) is 0 Å². The van der Waals surface area contributed by atoms with Crippen LogP contribution in [0.2, 0.25) is 5.02 Å². The first-order valence-corrected chi connectivity index (χ1v) is 19.4. The van der Waals surface area contributed by atoms with E-state index in [2.05, 4.69) is 209 Å². The number of fused-ring (bicyclic) bond motifs is 4. The molecule has 54 heavy (non-hydrogen) atoms. The van der Waals surface area contributed by atoms with Crippen molar-refractivity contribution in [3.63, 3.8) is 0 Å². The minimum absolute atomic E-state index is 0.0316. The zero-order valence-corrected chi connectivity index (χ0v) is 32.6. The summed E-state index contributed by atoms with van der Waals surface area (Å²) in [7, 11) is 0. The highest BCUT2D eigenvalue weighted by Gasteiger charge is 2.45. The summed E-state index contributed by atoms with van der Waals surface area (Å²) < 4.78 is 0. The van der Waals surface area contributed by atoms with Crippen molar-refractivity contribution in [2.45, 2.75) is 52.4 Å². The van der Waals surface area contributed by atoms with E-state index in [4.69, 9.17) is 11.6 Å². The van der Waals surface area contributed by atoms with E-state index >= 15 is 0 Å². The largest absolute Gasteiger partial charge is 0.311 e. The zero-order valence-electron chi connectivity index (χ0n) is 31.9. The molecule has 0 atom stereocenters. The van der Waals surface area contributed by atoms with Crippen LogP contribution in [-0.2, 0) is 10.8 Å². The van der Waals surface area contributed by atoms with Crippen molar-refractivity contribution in [2.24, 2.45) is 0 Å². The van der Waals surface area contributed by atoms with Gasteiger partial charge >= 0.3 is 0 Å². The Morgan fingerprint density at radius 3 is 1.20 bits per heavy atom. The molecule has 2 aliphatic rings. The Morgan fingerprint density at radius 2 is 0.796 bits per heavy atom. The third kappa shape index (κ3) is 5.32. The smallest absolute Gasteiger partial charge is 0.252 e. The van der Waals surface area contributed by atoms with Gasteiger partial charge in [0.15, 0.2) is 0 Å². The molecular formula is C50H44BClN2. The van der Waals surface area contributed by atoms with Crippen LogP contribution < -0.4 is 26.2 Å². The van der Waals surface area contributed by atoms with Gasteiger partial charge in [0.05, 0.1) is 0 Å². The standard InChI is InChI=1S/C50H44BClN2/c1-33-17-13-15-23-42(33)53-44-27-25-37(49(3,4)35-19-9-7-10-20-35)29-40(44)51-41-30-38(50(5,6)36-21-11-8-12-22-36)26-28-45(41)54(43-24-16-14-18-34(43)2)47-32-39(52)31-46(53)48(47)51/h7-32H,1-6H3. The van der Waals surface area contributed by atoms with Gasteiger partial charge in [0.1, 0.15) is 0 Å². The lowest BCUT2D eigenvalue weighted by Gasteiger charge is -2.45. The van der Waals surface area contributed by atoms with Gasteiger partial charge < -0.3 is 9.80 Å². The van der Waals surface area contributed by atoms with E-state index in [-0.39, 0.29) is 17.5 Å². The van der Waals surface area contributed by atoms with Crippen LogP contribution in [0.15, 0.2) is 158 Å². The van der Waals surface area contributed by atoms with Crippen LogP contribution in [0.5, 0.6) is 0 Å². The van der Waals surface area contributed by atoms with Gasteiger partial charge in [-0.25, -0.2) is 0 Å². The Kier molecular flexibility index (Phi) is 8.14. The van der Waals surface area contributed by atoms with Crippen LogP contribution >= 0.6 is 11.6 Å². The van der Waals surface area contributed by atoms with Crippen LogP contribution in [0, 0.1) is 13.8 Å². The molecule has 7 aromatic rings. The van der Waals surface area contributed by atoms with E-state index in [9.17, 15) is 0 Å². The van der Waals surface area contributed by atoms with Crippen molar-refractivity contribution in [2.75, 3.05) is 9.80 Å². The maximum Gasteiger partial charge on any atom is 0.252 e. The minimum atomic E-state index is -0.214. The molecule has 0 aromatic heterocycles. The third-order valence-corrected chi connectivity index (χ3v) is 12.4. The highest BCUT2D eigenvalue weighted by molar-refractivity contribution is 7.00. The van der Waals surface area contributed by atoms with E-state index in [1.165, 1.54) is 61.1 Å². The average molecular weight is 719 g/mol. The monoisotopic (exact) mass is 718 g/mol. The first-order valence-electron chi connectivity index (χ1n) is 19.0. The quantitative estimate of drug-likeness (QED) is 0.158. The number of para-hydroxylation sites is 2. The zero-order chi connectivity index (χ0) is 37.4. The molecule has 2 heterocycles. The van der Waals surface area contributed by atoms with E-state index < -0.39 is 0 Å². The average Bonchev–Trinajstić information content (AvgIpc) is 3.19. The maximum absolute atomic E-state index is 7.22. The van der Waals surface area contributed by atoms with Crippen LogP contribution in [-0.4, -0.2) is 6.71 Å². The molecule has 0 amide bonds. The van der Waals surface area contributed by atoms with Gasteiger partial charge in [-0.15, -0.1) is 0 Å². The molecule has 2 nitrogen and oxygen atoms in total. The number of halogens is 1. The summed E-state index contributed by atoms with van der Waals surface area (Å²) in [5.74, 6) is 0. The van der Waals surface area contributed by atoms with Gasteiger partial charge in [0, 0.05) is 50.0 Å². The van der Waals surface area contributed by atoms with Gasteiger partial charge in [0.2, 0.25) is 0 Å². The van der Waals surface area contributed by atoms with E-state index in [1.54, 1.807) is 0 Å². The molecule has 0 spiro atoms. The first kappa shape index (κ1) is 34.3.